The fourth-order valence-corrected chi connectivity index (χ4v) is 3.41. The standard InChI is InChI=1S/C16H32N4/c1-5-14(2)19(4)12-10-18-15(17-3)20-11-9-16(13-20)7-6-8-16/h14H,5-13H2,1-4H3,(H,17,18). The largest absolute Gasteiger partial charge is 0.355 e. The van der Waals surface area contributed by atoms with Crippen LogP contribution in [-0.4, -0.2) is 62.1 Å². The predicted octanol–water partition coefficient (Wildman–Crippen LogP) is 2.17. The fourth-order valence-electron chi connectivity index (χ4n) is 3.41. The SMILES string of the molecule is CCC(C)N(C)CCNC(=NC)N1CCC2(CCC2)C1. The average molecular weight is 280 g/mol. The summed E-state index contributed by atoms with van der Waals surface area (Å²) >= 11 is 0. The van der Waals surface area contributed by atoms with E-state index in [4.69, 9.17) is 0 Å². The van der Waals surface area contributed by atoms with Gasteiger partial charge in [-0.15, -0.1) is 0 Å². The van der Waals surface area contributed by atoms with Crippen molar-refractivity contribution in [2.75, 3.05) is 40.3 Å². The van der Waals surface area contributed by atoms with Crippen LogP contribution in [0.5, 0.6) is 0 Å². The Morgan fingerprint density at radius 3 is 2.65 bits per heavy atom. The smallest absolute Gasteiger partial charge is 0.193 e. The lowest BCUT2D eigenvalue weighted by Gasteiger charge is -2.38. The van der Waals surface area contributed by atoms with Gasteiger partial charge in [0.05, 0.1) is 0 Å². The molecule has 1 spiro atoms. The highest BCUT2D eigenvalue weighted by molar-refractivity contribution is 5.80. The number of nitrogens with one attached hydrogen (secondary N) is 1. The highest BCUT2D eigenvalue weighted by Crippen LogP contribution is 2.47. The van der Waals surface area contributed by atoms with E-state index in [1.54, 1.807) is 0 Å². The lowest BCUT2D eigenvalue weighted by molar-refractivity contribution is 0.151. The Balaban J connectivity index is 1.73. The van der Waals surface area contributed by atoms with Crippen LogP contribution in [-0.2, 0) is 0 Å². The molecule has 0 aromatic carbocycles. The van der Waals surface area contributed by atoms with Gasteiger partial charge in [0.25, 0.3) is 0 Å². The van der Waals surface area contributed by atoms with Gasteiger partial charge in [-0.3, -0.25) is 4.99 Å². The third-order valence-electron chi connectivity index (χ3n) is 5.45. The van der Waals surface area contributed by atoms with Gasteiger partial charge in [-0.2, -0.15) is 0 Å². The van der Waals surface area contributed by atoms with Crippen LogP contribution in [0.3, 0.4) is 0 Å². The molecule has 2 fully saturated rings. The van der Waals surface area contributed by atoms with E-state index < -0.39 is 0 Å². The minimum atomic E-state index is 0.644. The van der Waals surface area contributed by atoms with Gasteiger partial charge < -0.3 is 15.1 Å². The maximum absolute atomic E-state index is 4.47. The first-order valence-corrected chi connectivity index (χ1v) is 8.26. The van der Waals surface area contributed by atoms with Crippen molar-refractivity contribution >= 4 is 5.96 Å². The summed E-state index contributed by atoms with van der Waals surface area (Å²) in [5.74, 6) is 1.10. The Morgan fingerprint density at radius 2 is 2.15 bits per heavy atom. The van der Waals surface area contributed by atoms with Crippen molar-refractivity contribution in [3.05, 3.63) is 0 Å². The second-order valence-corrected chi connectivity index (χ2v) is 6.74. The molecule has 1 N–H and O–H groups in total. The predicted molar refractivity (Wildman–Crippen MR) is 86.2 cm³/mol. The molecule has 2 aliphatic rings. The van der Waals surface area contributed by atoms with Gasteiger partial charge >= 0.3 is 0 Å². The number of hydrogen-bond donors (Lipinski definition) is 1. The van der Waals surface area contributed by atoms with Crippen LogP contribution >= 0.6 is 0 Å². The van der Waals surface area contributed by atoms with E-state index in [1.807, 2.05) is 7.05 Å². The quantitative estimate of drug-likeness (QED) is 0.618. The molecule has 4 heteroatoms. The van der Waals surface area contributed by atoms with Gasteiger partial charge in [-0.25, -0.2) is 0 Å². The molecule has 1 atom stereocenters. The van der Waals surface area contributed by atoms with Gasteiger partial charge in [0.1, 0.15) is 0 Å². The highest BCUT2D eigenvalue weighted by atomic mass is 15.3. The van der Waals surface area contributed by atoms with Crippen molar-refractivity contribution in [1.29, 1.82) is 0 Å². The number of aliphatic imine (C=N–C) groups is 1. The van der Waals surface area contributed by atoms with Crippen LogP contribution in [0.2, 0.25) is 0 Å². The molecule has 4 nitrogen and oxygen atoms in total. The molecular weight excluding hydrogens is 248 g/mol. The third-order valence-corrected chi connectivity index (χ3v) is 5.45. The first kappa shape index (κ1) is 15.6. The van der Waals surface area contributed by atoms with Gasteiger partial charge in [-0.05, 0) is 45.1 Å². The van der Waals surface area contributed by atoms with E-state index in [1.165, 1.54) is 45.2 Å². The van der Waals surface area contributed by atoms with Gasteiger partial charge in [0.15, 0.2) is 5.96 Å². The van der Waals surface area contributed by atoms with E-state index in [9.17, 15) is 0 Å². The monoisotopic (exact) mass is 280 g/mol. The molecular formula is C16H32N4. The van der Waals surface area contributed by atoms with Crippen molar-refractivity contribution < 1.29 is 0 Å². The first-order chi connectivity index (χ1) is 9.60. The Kier molecular flexibility index (Phi) is 5.30. The number of nitrogens with zero attached hydrogens (tertiary/aromatic N) is 3. The summed E-state index contributed by atoms with van der Waals surface area (Å²) in [5, 5.41) is 3.54. The fraction of sp³-hybridized carbons (Fsp3) is 0.938. The van der Waals surface area contributed by atoms with Gasteiger partial charge in [-0.1, -0.05) is 13.3 Å². The molecule has 1 saturated carbocycles. The van der Waals surface area contributed by atoms with Crippen molar-refractivity contribution in [3.63, 3.8) is 0 Å². The summed E-state index contributed by atoms with van der Waals surface area (Å²) in [4.78, 5) is 9.34. The van der Waals surface area contributed by atoms with Crippen LogP contribution in [0.4, 0.5) is 0 Å². The molecule has 2 rings (SSSR count). The highest BCUT2D eigenvalue weighted by Gasteiger charge is 2.43. The van der Waals surface area contributed by atoms with E-state index in [2.05, 4.69) is 41.0 Å². The Labute approximate surface area is 124 Å². The maximum Gasteiger partial charge on any atom is 0.193 e. The number of rotatable bonds is 5. The Morgan fingerprint density at radius 1 is 1.40 bits per heavy atom. The molecule has 0 aromatic rings. The maximum atomic E-state index is 4.47. The second kappa shape index (κ2) is 6.79. The molecule has 0 radical (unpaired) electrons. The zero-order valence-corrected chi connectivity index (χ0v) is 13.8. The van der Waals surface area contributed by atoms with Crippen molar-refractivity contribution in [2.24, 2.45) is 10.4 Å². The van der Waals surface area contributed by atoms with Crippen molar-refractivity contribution in [2.45, 2.75) is 52.0 Å². The number of likely N-dealkylation sites (tertiary alicyclic amines) is 1. The Bertz CT molecular complexity index is 335. The van der Waals surface area contributed by atoms with Crippen molar-refractivity contribution in [3.8, 4) is 0 Å². The van der Waals surface area contributed by atoms with Crippen LogP contribution in [0.1, 0.15) is 46.0 Å². The normalized spacial score (nSPS) is 23.2. The molecule has 0 aromatic heterocycles. The number of hydrogen-bond acceptors (Lipinski definition) is 2. The zero-order chi connectivity index (χ0) is 14.6. The van der Waals surface area contributed by atoms with Crippen LogP contribution in [0, 0.1) is 5.41 Å². The summed E-state index contributed by atoms with van der Waals surface area (Å²) in [6.07, 6.45) is 6.86. The van der Waals surface area contributed by atoms with E-state index in [0.29, 0.717) is 11.5 Å². The topological polar surface area (TPSA) is 30.9 Å². The lowest BCUT2D eigenvalue weighted by Crippen LogP contribution is -2.45. The zero-order valence-electron chi connectivity index (χ0n) is 13.8. The number of likely N-dealkylation sites (N-methyl/N-ethyl adjacent to an activating group) is 1. The minimum Gasteiger partial charge on any atom is -0.355 e. The van der Waals surface area contributed by atoms with E-state index in [0.717, 1.165) is 19.0 Å². The molecule has 116 valence electrons. The van der Waals surface area contributed by atoms with Crippen LogP contribution < -0.4 is 5.32 Å². The third kappa shape index (κ3) is 3.46. The molecule has 1 aliphatic heterocycles. The Hall–Kier alpha value is -0.770. The second-order valence-electron chi connectivity index (χ2n) is 6.74. The first-order valence-electron chi connectivity index (χ1n) is 8.26. The molecule has 1 heterocycles. The molecule has 1 aliphatic carbocycles. The van der Waals surface area contributed by atoms with Gasteiger partial charge in [0.2, 0.25) is 0 Å². The molecule has 0 bridgehead atoms. The lowest BCUT2D eigenvalue weighted by atomic mass is 9.68. The molecule has 20 heavy (non-hydrogen) atoms. The minimum absolute atomic E-state index is 0.644. The van der Waals surface area contributed by atoms with E-state index >= 15 is 0 Å². The molecule has 0 amide bonds. The summed E-state index contributed by atoms with van der Waals surface area (Å²) in [7, 11) is 4.12. The average Bonchev–Trinajstić information content (AvgIpc) is 2.87. The molecule has 1 saturated heterocycles. The summed E-state index contributed by atoms with van der Waals surface area (Å²) < 4.78 is 0. The van der Waals surface area contributed by atoms with Gasteiger partial charge in [0, 0.05) is 39.3 Å². The summed E-state index contributed by atoms with van der Waals surface area (Å²) in [5.41, 5.74) is 0.644. The summed E-state index contributed by atoms with van der Waals surface area (Å²) in [6, 6.07) is 0.656. The van der Waals surface area contributed by atoms with E-state index in [-0.39, 0.29) is 0 Å². The molecule has 1 unspecified atom stereocenters. The summed E-state index contributed by atoms with van der Waals surface area (Å²) in [6.45, 7) is 8.99. The van der Waals surface area contributed by atoms with Crippen LogP contribution in [0.15, 0.2) is 4.99 Å². The van der Waals surface area contributed by atoms with Crippen molar-refractivity contribution in [1.82, 2.24) is 15.1 Å². The van der Waals surface area contributed by atoms with Crippen LogP contribution in [0.25, 0.3) is 0 Å². The number of guanidine groups is 1.